The molecule has 0 aliphatic carbocycles. The summed E-state index contributed by atoms with van der Waals surface area (Å²) in [6.45, 7) is 4.82. The highest BCUT2D eigenvalue weighted by Crippen LogP contribution is 2.10. The minimum absolute atomic E-state index is 0.508. The monoisotopic (exact) mass is 280 g/mol. The molecule has 0 saturated carbocycles. The lowest BCUT2D eigenvalue weighted by Gasteiger charge is -2.23. The average Bonchev–Trinajstić information content (AvgIpc) is 2.41. The van der Waals surface area contributed by atoms with Gasteiger partial charge in [0.15, 0.2) is 0 Å². The first-order valence-corrected chi connectivity index (χ1v) is 10.3. The van der Waals surface area contributed by atoms with Crippen molar-refractivity contribution in [3.8, 4) is 0 Å². The average molecular weight is 281 g/mol. The molecule has 0 N–H and O–H groups in total. The second kappa shape index (κ2) is 11.4. The zero-order valence-corrected chi connectivity index (χ0v) is 14.2. The van der Waals surface area contributed by atoms with Gasteiger partial charge in [0.2, 0.25) is 0 Å². The first kappa shape index (κ1) is 17.3. The van der Waals surface area contributed by atoms with Gasteiger partial charge in [0.1, 0.15) is 0 Å². The molecule has 1 aliphatic heterocycles. The third-order valence-electron chi connectivity index (χ3n) is 2.64. The van der Waals surface area contributed by atoms with Crippen molar-refractivity contribution in [1.82, 2.24) is 0 Å². The number of rotatable bonds is 6. The van der Waals surface area contributed by atoms with E-state index >= 15 is 0 Å². The van der Waals surface area contributed by atoms with Gasteiger partial charge in [-0.25, -0.2) is 0 Å². The van der Waals surface area contributed by atoms with E-state index in [2.05, 4.69) is 0 Å². The van der Waals surface area contributed by atoms with E-state index in [1.807, 2.05) is 13.8 Å². The van der Waals surface area contributed by atoms with Crippen molar-refractivity contribution in [3.63, 3.8) is 0 Å². The summed E-state index contributed by atoms with van der Waals surface area (Å²) in [7, 11) is 0.823. The molecule has 4 nitrogen and oxygen atoms in total. The van der Waals surface area contributed by atoms with Crippen LogP contribution in [0.15, 0.2) is 0 Å². The maximum absolute atomic E-state index is 5.24. The van der Waals surface area contributed by atoms with Gasteiger partial charge < -0.3 is 17.7 Å². The van der Waals surface area contributed by atoms with Gasteiger partial charge >= 0.3 is 9.05 Å². The van der Waals surface area contributed by atoms with E-state index in [4.69, 9.17) is 17.7 Å². The summed E-state index contributed by atoms with van der Waals surface area (Å²) < 4.78 is 20.6. The molecule has 0 spiro atoms. The third-order valence-corrected chi connectivity index (χ3v) is 6.93. The molecule has 1 heterocycles. The summed E-state index contributed by atoms with van der Waals surface area (Å²) in [6, 6.07) is 3.28. The molecule has 1 fully saturated rings. The van der Waals surface area contributed by atoms with E-state index in [9.17, 15) is 0 Å². The zero-order chi connectivity index (χ0) is 13.0. The SMILES string of the molecule is C1CC[SiH2]CC1.CCO[Si](OC)(OC)OCC. The van der Waals surface area contributed by atoms with Crippen LogP contribution < -0.4 is 0 Å². The lowest BCUT2D eigenvalue weighted by Crippen LogP contribution is -2.47. The Hall–Kier alpha value is 0.274. The molecule has 0 bridgehead atoms. The fraction of sp³-hybridized carbons (Fsp3) is 1.00. The van der Waals surface area contributed by atoms with E-state index in [-0.39, 0.29) is 0 Å². The summed E-state index contributed by atoms with van der Waals surface area (Å²) in [4.78, 5) is 0. The van der Waals surface area contributed by atoms with Crippen LogP contribution in [0.1, 0.15) is 33.1 Å². The van der Waals surface area contributed by atoms with Gasteiger partial charge in [-0.3, -0.25) is 0 Å². The molecule has 104 valence electrons. The first-order valence-electron chi connectivity index (χ1n) is 6.62. The van der Waals surface area contributed by atoms with Crippen molar-refractivity contribution in [2.75, 3.05) is 27.4 Å². The van der Waals surface area contributed by atoms with Crippen LogP contribution in [-0.4, -0.2) is 46.0 Å². The molecular weight excluding hydrogens is 252 g/mol. The summed E-state index contributed by atoms with van der Waals surface area (Å²) in [5, 5.41) is 0. The molecule has 0 atom stereocenters. The lowest BCUT2D eigenvalue weighted by molar-refractivity contribution is -0.00275. The van der Waals surface area contributed by atoms with Gasteiger partial charge in [0, 0.05) is 37.0 Å². The van der Waals surface area contributed by atoms with Crippen molar-refractivity contribution in [2.24, 2.45) is 0 Å². The van der Waals surface area contributed by atoms with Gasteiger partial charge in [-0.2, -0.15) is 0 Å². The fourth-order valence-corrected chi connectivity index (χ4v) is 4.97. The predicted octanol–water partition coefficient (Wildman–Crippen LogP) is 1.96. The van der Waals surface area contributed by atoms with Crippen molar-refractivity contribution in [2.45, 2.75) is 45.2 Å². The molecular formula is C11H28O4Si2. The van der Waals surface area contributed by atoms with Gasteiger partial charge in [-0.05, 0) is 13.8 Å². The second-order valence-electron chi connectivity index (χ2n) is 3.90. The largest absolute Gasteiger partial charge is 0.679 e. The van der Waals surface area contributed by atoms with E-state index < -0.39 is 9.05 Å². The summed E-state index contributed by atoms with van der Waals surface area (Å²) in [6.07, 6.45) is 4.66. The van der Waals surface area contributed by atoms with Crippen LogP contribution >= 0.6 is 0 Å². The Morgan fingerprint density at radius 3 is 1.53 bits per heavy atom. The lowest BCUT2D eigenvalue weighted by atomic mass is 10.3. The van der Waals surface area contributed by atoms with Crippen LogP contribution in [0, 0.1) is 0 Å². The molecule has 17 heavy (non-hydrogen) atoms. The topological polar surface area (TPSA) is 36.9 Å². The smallest absolute Gasteiger partial charge is 0.355 e. The highest BCUT2D eigenvalue weighted by molar-refractivity contribution is 6.53. The van der Waals surface area contributed by atoms with Crippen molar-refractivity contribution in [1.29, 1.82) is 0 Å². The molecule has 0 radical (unpaired) electrons. The maximum atomic E-state index is 5.24. The Labute approximate surface area is 109 Å². The van der Waals surface area contributed by atoms with E-state index in [1.165, 1.54) is 20.6 Å². The summed E-state index contributed by atoms with van der Waals surface area (Å²) in [5.74, 6) is 0. The number of hydrogen-bond acceptors (Lipinski definition) is 4. The van der Waals surface area contributed by atoms with Crippen molar-refractivity contribution < 1.29 is 17.7 Å². The summed E-state index contributed by atoms with van der Waals surface area (Å²) in [5.41, 5.74) is 0. The van der Waals surface area contributed by atoms with Crippen LogP contribution in [0.25, 0.3) is 0 Å². The molecule has 0 aromatic carbocycles. The second-order valence-corrected chi connectivity index (χ2v) is 8.41. The van der Waals surface area contributed by atoms with Crippen LogP contribution in [0.2, 0.25) is 12.1 Å². The fourth-order valence-electron chi connectivity index (χ4n) is 1.77. The Kier molecular flexibility index (Phi) is 11.6. The predicted molar refractivity (Wildman–Crippen MR) is 75.0 cm³/mol. The molecule has 6 heteroatoms. The van der Waals surface area contributed by atoms with E-state index in [0.29, 0.717) is 22.7 Å². The van der Waals surface area contributed by atoms with Gasteiger partial charge in [-0.1, -0.05) is 31.4 Å². The first-order chi connectivity index (χ1) is 8.24. The Bertz CT molecular complexity index is 142. The molecule has 1 rings (SSSR count). The quantitative estimate of drug-likeness (QED) is 0.697. The van der Waals surface area contributed by atoms with Gasteiger partial charge in [-0.15, -0.1) is 0 Å². The highest BCUT2D eigenvalue weighted by Gasteiger charge is 2.42. The van der Waals surface area contributed by atoms with Crippen LogP contribution in [0.5, 0.6) is 0 Å². The van der Waals surface area contributed by atoms with E-state index in [0.717, 1.165) is 0 Å². The third kappa shape index (κ3) is 8.07. The Morgan fingerprint density at radius 1 is 0.882 bits per heavy atom. The molecule has 0 aromatic rings. The Balaban J connectivity index is 0.000000354. The van der Waals surface area contributed by atoms with Crippen molar-refractivity contribution in [3.05, 3.63) is 0 Å². The minimum atomic E-state index is -2.74. The van der Waals surface area contributed by atoms with Crippen LogP contribution in [0.3, 0.4) is 0 Å². The van der Waals surface area contributed by atoms with Gasteiger partial charge in [0.25, 0.3) is 0 Å². The molecule has 0 aromatic heterocycles. The maximum Gasteiger partial charge on any atom is 0.679 e. The van der Waals surface area contributed by atoms with Crippen LogP contribution in [0.4, 0.5) is 0 Å². The minimum Gasteiger partial charge on any atom is -0.355 e. The normalized spacial score (nSPS) is 16.2. The standard InChI is InChI=1S/C6H16O4Si.C5H12Si/c1-5-9-11(7-3,8-4)10-6-2;1-2-4-6-5-3-1/h5-6H2,1-4H3;1-6H2. The van der Waals surface area contributed by atoms with Crippen molar-refractivity contribution >= 4 is 18.6 Å². The van der Waals surface area contributed by atoms with Gasteiger partial charge in [0.05, 0.1) is 0 Å². The summed E-state index contributed by atoms with van der Waals surface area (Å²) >= 11 is 0. The molecule has 1 aliphatic rings. The molecule has 0 unspecified atom stereocenters. The highest BCUT2D eigenvalue weighted by atomic mass is 28.4. The Morgan fingerprint density at radius 2 is 1.35 bits per heavy atom. The van der Waals surface area contributed by atoms with Crippen LogP contribution in [-0.2, 0) is 17.7 Å². The van der Waals surface area contributed by atoms with E-state index in [1.54, 1.807) is 24.9 Å². The zero-order valence-electron chi connectivity index (χ0n) is 11.8. The number of hydrogen-bond donors (Lipinski definition) is 0. The molecule has 0 amide bonds. The molecule has 1 saturated heterocycles.